The van der Waals surface area contributed by atoms with E-state index < -0.39 is 11.9 Å². The molecule has 0 saturated carbocycles. The second kappa shape index (κ2) is 6.17. The summed E-state index contributed by atoms with van der Waals surface area (Å²) in [7, 11) is 0. The van der Waals surface area contributed by atoms with Crippen molar-refractivity contribution in [2.75, 3.05) is 6.61 Å². The molecule has 3 nitrogen and oxygen atoms in total. The molecule has 0 radical (unpaired) electrons. The summed E-state index contributed by atoms with van der Waals surface area (Å²) in [4.78, 5) is 22.2. The fourth-order valence-corrected chi connectivity index (χ4v) is 0.836. The highest BCUT2D eigenvalue weighted by molar-refractivity contribution is 5.97. The Balaban J connectivity index is 4.18. The lowest BCUT2D eigenvalue weighted by Crippen LogP contribution is -2.23. The fraction of sp³-hybridized carbons (Fsp3) is 0.400. The van der Waals surface area contributed by atoms with Gasteiger partial charge in [-0.2, -0.15) is 0 Å². The highest BCUT2D eigenvalue weighted by Gasteiger charge is 2.22. The van der Waals surface area contributed by atoms with Crippen LogP contribution in [-0.2, 0) is 14.3 Å². The monoisotopic (exact) mass is 182 g/mol. The van der Waals surface area contributed by atoms with Crippen LogP contribution in [0.4, 0.5) is 0 Å². The minimum atomic E-state index is -0.711. The summed E-state index contributed by atoms with van der Waals surface area (Å²) < 4.78 is 4.74. The van der Waals surface area contributed by atoms with Gasteiger partial charge >= 0.3 is 5.97 Å². The van der Waals surface area contributed by atoms with Gasteiger partial charge in [0.25, 0.3) is 0 Å². The van der Waals surface area contributed by atoms with Gasteiger partial charge in [-0.25, -0.2) is 0 Å². The molecule has 0 bridgehead atoms. The smallest absolute Gasteiger partial charge is 0.317 e. The maximum absolute atomic E-state index is 11.2. The average Bonchev–Trinajstić information content (AvgIpc) is 2.09. The van der Waals surface area contributed by atoms with Gasteiger partial charge in [0, 0.05) is 0 Å². The Morgan fingerprint density at radius 1 is 1.38 bits per heavy atom. The van der Waals surface area contributed by atoms with E-state index in [2.05, 4.69) is 13.2 Å². The zero-order valence-electron chi connectivity index (χ0n) is 7.79. The first-order valence-electron chi connectivity index (χ1n) is 4.02. The van der Waals surface area contributed by atoms with Gasteiger partial charge in [-0.15, -0.1) is 6.58 Å². The standard InChI is InChI=1S/C10H14O3/c1-4-6-9(8(3)11)10(12)13-7-5-2/h4-5,9H,1-2,6-7H2,3H3. The molecule has 3 heteroatoms. The molecule has 72 valence electrons. The zero-order chi connectivity index (χ0) is 10.3. The summed E-state index contributed by atoms with van der Waals surface area (Å²) in [6.45, 7) is 8.37. The van der Waals surface area contributed by atoms with Crippen molar-refractivity contribution in [1.82, 2.24) is 0 Å². The average molecular weight is 182 g/mol. The first kappa shape index (κ1) is 11.6. The molecule has 1 unspecified atom stereocenters. The van der Waals surface area contributed by atoms with Crippen LogP contribution in [0, 0.1) is 5.92 Å². The van der Waals surface area contributed by atoms with E-state index in [1.165, 1.54) is 19.1 Å². The Hall–Kier alpha value is -1.38. The third-order valence-corrected chi connectivity index (χ3v) is 1.52. The number of hydrogen-bond acceptors (Lipinski definition) is 3. The first-order valence-corrected chi connectivity index (χ1v) is 4.02. The lowest BCUT2D eigenvalue weighted by molar-refractivity contribution is -0.150. The normalized spacial score (nSPS) is 11.5. The second-order valence-corrected chi connectivity index (χ2v) is 2.61. The van der Waals surface area contributed by atoms with Crippen LogP contribution in [0.2, 0.25) is 0 Å². The number of allylic oxidation sites excluding steroid dienone is 1. The minimum absolute atomic E-state index is 0.139. The Bertz CT molecular complexity index is 218. The van der Waals surface area contributed by atoms with Gasteiger partial charge < -0.3 is 4.74 Å². The first-order chi connectivity index (χ1) is 6.13. The van der Waals surface area contributed by atoms with Crippen molar-refractivity contribution >= 4 is 11.8 Å². The van der Waals surface area contributed by atoms with E-state index in [-0.39, 0.29) is 12.4 Å². The van der Waals surface area contributed by atoms with Crippen LogP contribution >= 0.6 is 0 Å². The number of rotatable bonds is 6. The molecular formula is C10H14O3. The predicted molar refractivity (Wildman–Crippen MR) is 50.1 cm³/mol. The van der Waals surface area contributed by atoms with Crippen molar-refractivity contribution in [3.63, 3.8) is 0 Å². The summed E-state index contributed by atoms with van der Waals surface area (Å²) in [5.74, 6) is -1.42. The number of carbonyl (C=O) groups excluding carboxylic acids is 2. The minimum Gasteiger partial charge on any atom is -0.461 e. The van der Waals surface area contributed by atoms with E-state index in [1.807, 2.05) is 0 Å². The zero-order valence-corrected chi connectivity index (χ0v) is 7.79. The van der Waals surface area contributed by atoms with Gasteiger partial charge in [0.05, 0.1) is 0 Å². The van der Waals surface area contributed by atoms with Crippen molar-refractivity contribution in [3.05, 3.63) is 25.3 Å². The Labute approximate surface area is 78.1 Å². The van der Waals surface area contributed by atoms with E-state index >= 15 is 0 Å². The number of hydrogen-bond donors (Lipinski definition) is 0. The molecule has 0 aliphatic heterocycles. The molecule has 0 aromatic carbocycles. The number of ether oxygens (including phenoxy) is 1. The molecule has 0 aromatic rings. The van der Waals surface area contributed by atoms with E-state index in [0.29, 0.717) is 6.42 Å². The van der Waals surface area contributed by atoms with Crippen LogP contribution in [-0.4, -0.2) is 18.4 Å². The van der Waals surface area contributed by atoms with Gasteiger partial charge in [-0.3, -0.25) is 9.59 Å². The molecule has 0 rings (SSSR count). The van der Waals surface area contributed by atoms with Crippen LogP contribution in [0.1, 0.15) is 13.3 Å². The van der Waals surface area contributed by atoms with Crippen LogP contribution < -0.4 is 0 Å². The highest BCUT2D eigenvalue weighted by Crippen LogP contribution is 2.07. The van der Waals surface area contributed by atoms with E-state index in [1.54, 1.807) is 0 Å². The van der Waals surface area contributed by atoms with Gasteiger partial charge in [0.15, 0.2) is 0 Å². The van der Waals surface area contributed by atoms with Gasteiger partial charge in [0.2, 0.25) is 0 Å². The highest BCUT2D eigenvalue weighted by atomic mass is 16.5. The summed E-state index contributed by atoms with van der Waals surface area (Å²) >= 11 is 0. The number of esters is 1. The fourth-order valence-electron chi connectivity index (χ4n) is 0.836. The van der Waals surface area contributed by atoms with Crippen molar-refractivity contribution in [1.29, 1.82) is 0 Å². The summed E-state index contributed by atoms with van der Waals surface area (Å²) in [6.07, 6.45) is 3.32. The molecule has 0 aromatic heterocycles. The molecule has 0 amide bonds. The van der Waals surface area contributed by atoms with Crippen molar-refractivity contribution in [2.24, 2.45) is 5.92 Å². The Kier molecular flexibility index (Phi) is 5.52. The third kappa shape index (κ3) is 4.25. The lowest BCUT2D eigenvalue weighted by Gasteiger charge is -2.09. The van der Waals surface area contributed by atoms with Crippen LogP contribution in [0.3, 0.4) is 0 Å². The van der Waals surface area contributed by atoms with E-state index in [0.717, 1.165) is 0 Å². The number of ketones is 1. The molecular weight excluding hydrogens is 168 g/mol. The van der Waals surface area contributed by atoms with Crippen LogP contribution in [0.5, 0.6) is 0 Å². The maximum Gasteiger partial charge on any atom is 0.317 e. The molecule has 0 saturated heterocycles. The second-order valence-electron chi connectivity index (χ2n) is 2.61. The molecule has 0 heterocycles. The predicted octanol–water partition coefficient (Wildman–Crippen LogP) is 1.50. The maximum atomic E-state index is 11.2. The molecule has 0 spiro atoms. The largest absolute Gasteiger partial charge is 0.461 e. The third-order valence-electron chi connectivity index (χ3n) is 1.52. The van der Waals surface area contributed by atoms with Crippen molar-refractivity contribution in [3.8, 4) is 0 Å². The van der Waals surface area contributed by atoms with Gasteiger partial charge in [-0.1, -0.05) is 18.7 Å². The summed E-state index contributed by atoms with van der Waals surface area (Å²) in [5, 5.41) is 0. The molecule has 0 aliphatic carbocycles. The molecule has 0 aliphatic rings. The van der Waals surface area contributed by atoms with Crippen molar-refractivity contribution < 1.29 is 14.3 Å². The molecule has 13 heavy (non-hydrogen) atoms. The quantitative estimate of drug-likeness (QED) is 0.355. The SMILES string of the molecule is C=CCOC(=O)C(CC=C)C(C)=O. The van der Waals surface area contributed by atoms with E-state index in [9.17, 15) is 9.59 Å². The van der Waals surface area contributed by atoms with E-state index in [4.69, 9.17) is 4.74 Å². The van der Waals surface area contributed by atoms with Crippen LogP contribution in [0.15, 0.2) is 25.3 Å². The molecule has 0 fully saturated rings. The summed E-state index contributed by atoms with van der Waals surface area (Å²) in [5.41, 5.74) is 0. The topological polar surface area (TPSA) is 43.4 Å². The van der Waals surface area contributed by atoms with Gasteiger partial charge in [-0.05, 0) is 13.3 Å². The van der Waals surface area contributed by atoms with Crippen molar-refractivity contribution in [2.45, 2.75) is 13.3 Å². The Morgan fingerprint density at radius 3 is 2.38 bits per heavy atom. The molecule has 1 atom stereocenters. The number of Topliss-reactive ketones (excluding diaryl/α,β-unsaturated/α-hetero) is 1. The Morgan fingerprint density at radius 2 is 2.00 bits per heavy atom. The lowest BCUT2D eigenvalue weighted by atomic mass is 10.0. The van der Waals surface area contributed by atoms with Crippen LogP contribution in [0.25, 0.3) is 0 Å². The number of carbonyl (C=O) groups is 2. The summed E-state index contributed by atoms with van der Waals surface area (Å²) in [6, 6.07) is 0. The molecule has 0 N–H and O–H groups in total. The van der Waals surface area contributed by atoms with Gasteiger partial charge in [0.1, 0.15) is 18.3 Å².